The summed E-state index contributed by atoms with van der Waals surface area (Å²) in [6, 6.07) is 0.334. The second kappa shape index (κ2) is 6.40. The van der Waals surface area contributed by atoms with E-state index in [9.17, 15) is 4.21 Å². The van der Waals surface area contributed by atoms with Crippen LogP contribution in [-0.2, 0) is 17.3 Å². The van der Waals surface area contributed by atoms with Crippen molar-refractivity contribution in [1.82, 2.24) is 15.1 Å². The van der Waals surface area contributed by atoms with E-state index in [1.165, 1.54) is 0 Å². The first kappa shape index (κ1) is 12.9. The largest absolute Gasteiger partial charge is 0.311 e. The Balaban J connectivity index is 2.24. The zero-order valence-electron chi connectivity index (χ0n) is 8.94. The van der Waals surface area contributed by atoms with Gasteiger partial charge in [-0.25, -0.2) is 0 Å². The molecule has 0 amide bonds. The van der Waals surface area contributed by atoms with Crippen LogP contribution in [0.3, 0.4) is 0 Å². The number of nitrogens with one attached hydrogen (secondary N) is 1. The maximum Gasteiger partial charge on any atom is 0.0632 e. The number of rotatable bonds is 6. The standard InChI is InChI=1S/C9H16BrN3OS/c1-8(11-3-4-15(2)14)6-13-7-9(10)5-12-13/h5,7-8,11H,3-4,6H2,1-2H3. The van der Waals surface area contributed by atoms with Gasteiger partial charge in [-0.15, -0.1) is 0 Å². The molecule has 1 rings (SSSR count). The van der Waals surface area contributed by atoms with E-state index >= 15 is 0 Å². The Hall–Kier alpha value is -0.200. The first-order valence-corrected chi connectivity index (χ1v) is 7.31. The zero-order chi connectivity index (χ0) is 11.3. The van der Waals surface area contributed by atoms with Gasteiger partial charge in [0.15, 0.2) is 0 Å². The van der Waals surface area contributed by atoms with Crippen molar-refractivity contribution in [1.29, 1.82) is 0 Å². The summed E-state index contributed by atoms with van der Waals surface area (Å²) >= 11 is 3.35. The van der Waals surface area contributed by atoms with Gasteiger partial charge in [-0.05, 0) is 22.9 Å². The van der Waals surface area contributed by atoms with Crippen LogP contribution in [0.1, 0.15) is 6.92 Å². The highest BCUT2D eigenvalue weighted by Gasteiger charge is 2.03. The van der Waals surface area contributed by atoms with E-state index < -0.39 is 10.8 Å². The molecule has 0 saturated carbocycles. The maximum absolute atomic E-state index is 10.8. The average Bonchev–Trinajstić information content (AvgIpc) is 2.50. The van der Waals surface area contributed by atoms with E-state index in [-0.39, 0.29) is 0 Å². The summed E-state index contributed by atoms with van der Waals surface area (Å²) in [5, 5.41) is 7.47. The van der Waals surface area contributed by atoms with Crippen LogP contribution in [0.5, 0.6) is 0 Å². The van der Waals surface area contributed by atoms with Gasteiger partial charge in [0, 0.05) is 41.6 Å². The van der Waals surface area contributed by atoms with Crippen LogP contribution >= 0.6 is 15.9 Å². The van der Waals surface area contributed by atoms with Gasteiger partial charge in [0.25, 0.3) is 0 Å². The molecule has 86 valence electrons. The first-order chi connectivity index (χ1) is 7.08. The van der Waals surface area contributed by atoms with Crippen molar-refractivity contribution < 1.29 is 4.21 Å². The van der Waals surface area contributed by atoms with E-state index in [4.69, 9.17) is 0 Å². The first-order valence-electron chi connectivity index (χ1n) is 4.79. The molecule has 0 aliphatic carbocycles. The van der Waals surface area contributed by atoms with Crippen LogP contribution in [0.2, 0.25) is 0 Å². The molecule has 0 aliphatic heterocycles. The van der Waals surface area contributed by atoms with Crippen molar-refractivity contribution in [2.75, 3.05) is 18.6 Å². The molecule has 6 heteroatoms. The Morgan fingerprint density at radius 3 is 3.00 bits per heavy atom. The minimum Gasteiger partial charge on any atom is -0.311 e. The normalized spacial score (nSPS) is 15.1. The van der Waals surface area contributed by atoms with E-state index in [1.807, 2.05) is 10.9 Å². The predicted octanol–water partition coefficient (Wildman–Crippen LogP) is 1.00. The summed E-state index contributed by atoms with van der Waals surface area (Å²) in [4.78, 5) is 0. The van der Waals surface area contributed by atoms with Gasteiger partial charge >= 0.3 is 0 Å². The smallest absolute Gasteiger partial charge is 0.0632 e. The lowest BCUT2D eigenvalue weighted by atomic mass is 10.3. The monoisotopic (exact) mass is 293 g/mol. The number of hydrogen-bond donors (Lipinski definition) is 1. The summed E-state index contributed by atoms with van der Waals surface area (Å²) in [5.41, 5.74) is 0. The van der Waals surface area contributed by atoms with Gasteiger partial charge in [0.05, 0.1) is 17.2 Å². The molecule has 1 heterocycles. The van der Waals surface area contributed by atoms with Gasteiger partial charge in [0.1, 0.15) is 0 Å². The fourth-order valence-corrected chi connectivity index (χ4v) is 1.97. The molecule has 0 aliphatic rings. The molecule has 1 aromatic heterocycles. The van der Waals surface area contributed by atoms with Crippen molar-refractivity contribution in [3.05, 3.63) is 16.9 Å². The van der Waals surface area contributed by atoms with E-state index in [1.54, 1.807) is 12.5 Å². The highest BCUT2D eigenvalue weighted by atomic mass is 79.9. The number of aromatic nitrogens is 2. The Bertz CT molecular complexity index is 329. The van der Waals surface area contributed by atoms with E-state index in [0.717, 1.165) is 17.6 Å². The van der Waals surface area contributed by atoms with Crippen molar-refractivity contribution in [3.8, 4) is 0 Å². The minimum atomic E-state index is -0.717. The maximum atomic E-state index is 10.8. The lowest BCUT2D eigenvalue weighted by Crippen LogP contribution is -2.33. The molecule has 0 fully saturated rings. The highest BCUT2D eigenvalue weighted by Crippen LogP contribution is 2.06. The molecule has 1 N–H and O–H groups in total. The summed E-state index contributed by atoms with van der Waals surface area (Å²) in [7, 11) is -0.717. The third-order valence-electron chi connectivity index (χ3n) is 1.94. The number of hydrogen-bond acceptors (Lipinski definition) is 3. The van der Waals surface area contributed by atoms with Crippen molar-refractivity contribution >= 4 is 26.7 Å². The lowest BCUT2D eigenvalue weighted by Gasteiger charge is -2.12. The fourth-order valence-electron chi connectivity index (χ4n) is 1.23. The number of halogens is 1. The summed E-state index contributed by atoms with van der Waals surface area (Å²) in [6.45, 7) is 3.70. The van der Waals surface area contributed by atoms with Gasteiger partial charge in [-0.3, -0.25) is 8.89 Å². The molecule has 0 radical (unpaired) electrons. The van der Waals surface area contributed by atoms with Gasteiger partial charge in [-0.2, -0.15) is 5.10 Å². The Kier molecular flexibility index (Phi) is 5.49. The molecule has 4 nitrogen and oxygen atoms in total. The zero-order valence-corrected chi connectivity index (χ0v) is 11.3. The topological polar surface area (TPSA) is 46.9 Å². The molecular formula is C9H16BrN3OS. The van der Waals surface area contributed by atoms with Crippen LogP contribution < -0.4 is 5.32 Å². The molecule has 1 aromatic rings. The molecular weight excluding hydrogens is 278 g/mol. The highest BCUT2D eigenvalue weighted by molar-refractivity contribution is 9.10. The Morgan fingerprint density at radius 2 is 2.47 bits per heavy atom. The Labute approximate surface area is 101 Å². The third-order valence-corrected chi connectivity index (χ3v) is 3.13. The molecule has 0 bridgehead atoms. The van der Waals surface area contributed by atoms with Crippen LogP contribution in [0, 0.1) is 0 Å². The summed E-state index contributed by atoms with van der Waals surface area (Å²) in [5.74, 6) is 0.702. The molecule has 0 spiro atoms. The SMILES string of the molecule is CC(Cn1cc(Br)cn1)NCCS(C)=O. The third kappa shape index (κ3) is 5.44. The lowest BCUT2D eigenvalue weighted by molar-refractivity contribution is 0.462. The molecule has 2 atom stereocenters. The molecule has 2 unspecified atom stereocenters. The van der Waals surface area contributed by atoms with Gasteiger partial charge < -0.3 is 5.32 Å². The predicted molar refractivity (Wildman–Crippen MR) is 66.3 cm³/mol. The summed E-state index contributed by atoms with van der Waals surface area (Å²) < 4.78 is 13.7. The van der Waals surface area contributed by atoms with Crippen molar-refractivity contribution in [2.45, 2.75) is 19.5 Å². The quantitative estimate of drug-likeness (QED) is 0.851. The summed E-state index contributed by atoms with van der Waals surface area (Å²) in [6.07, 6.45) is 5.43. The molecule has 0 saturated heterocycles. The fraction of sp³-hybridized carbons (Fsp3) is 0.667. The second-order valence-electron chi connectivity index (χ2n) is 3.51. The van der Waals surface area contributed by atoms with E-state index in [2.05, 4.69) is 33.3 Å². The molecule has 15 heavy (non-hydrogen) atoms. The van der Waals surface area contributed by atoms with Crippen molar-refractivity contribution in [3.63, 3.8) is 0 Å². The Morgan fingerprint density at radius 1 is 1.73 bits per heavy atom. The van der Waals surface area contributed by atoms with Crippen LogP contribution in [-0.4, -0.2) is 38.6 Å². The van der Waals surface area contributed by atoms with Crippen LogP contribution in [0.25, 0.3) is 0 Å². The average molecular weight is 294 g/mol. The van der Waals surface area contributed by atoms with Crippen LogP contribution in [0.4, 0.5) is 0 Å². The molecule has 0 aromatic carbocycles. The van der Waals surface area contributed by atoms with E-state index in [0.29, 0.717) is 11.8 Å². The van der Waals surface area contributed by atoms with Gasteiger partial charge in [0.2, 0.25) is 0 Å². The van der Waals surface area contributed by atoms with Crippen LogP contribution in [0.15, 0.2) is 16.9 Å². The number of nitrogens with zero attached hydrogens (tertiary/aromatic N) is 2. The van der Waals surface area contributed by atoms with Crippen molar-refractivity contribution in [2.24, 2.45) is 0 Å². The van der Waals surface area contributed by atoms with Gasteiger partial charge in [-0.1, -0.05) is 0 Å². The second-order valence-corrected chi connectivity index (χ2v) is 5.98. The minimum absolute atomic E-state index is 0.334.